The maximum atomic E-state index is 13.2. The lowest BCUT2D eigenvalue weighted by atomic mass is 10.1. The number of halogens is 3. The number of carbonyl (C=O) groups is 1. The second kappa shape index (κ2) is 3.25. The van der Waals surface area contributed by atoms with Crippen LogP contribution in [0.5, 0.6) is 0 Å². The number of rotatable bonds is 2. The summed E-state index contributed by atoms with van der Waals surface area (Å²) in [7, 11) is 0. The van der Waals surface area contributed by atoms with Crippen LogP contribution in [0.3, 0.4) is 0 Å². The SMILES string of the molecule is O=C(O)c1cc(C2CC2)c(F)c(F)c1F. The first-order valence-electron chi connectivity index (χ1n) is 4.43. The highest BCUT2D eigenvalue weighted by molar-refractivity contribution is 5.88. The first kappa shape index (κ1) is 10.0. The zero-order valence-electron chi connectivity index (χ0n) is 7.56. The van der Waals surface area contributed by atoms with Crippen molar-refractivity contribution in [1.29, 1.82) is 0 Å². The van der Waals surface area contributed by atoms with Gasteiger partial charge in [0.1, 0.15) is 0 Å². The molecule has 0 saturated heterocycles. The third-order valence-electron chi connectivity index (χ3n) is 2.42. The van der Waals surface area contributed by atoms with Crippen molar-refractivity contribution in [3.05, 3.63) is 34.6 Å². The van der Waals surface area contributed by atoms with E-state index < -0.39 is 29.0 Å². The Morgan fingerprint density at radius 1 is 1.20 bits per heavy atom. The van der Waals surface area contributed by atoms with Gasteiger partial charge in [0.2, 0.25) is 0 Å². The van der Waals surface area contributed by atoms with Gasteiger partial charge in [0, 0.05) is 0 Å². The van der Waals surface area contributed by atoms with Crippen LogP contribution in [-0.2, 0) is 0 Å². The molecule has 0 unspecified atom stereocenters. The fourth-order valence-electron chi connectivity index (χ4n) is 1.47. The van der Waals surface area contributed by atoms with Gasteiger partial charge in [-0.15, -0.1) is 0 Å². The number of carboxylic acids is 1. The molecule has 0 amide bonds. The second-order valence-electron chi connectivity index (χ2n) is 3.53. The predicted octanol–water partition coefficient (Wildman–Crippen LogP) is 2.68. The van der Waals surface area contributed by atoms with E-state index in [1.165, 1.54) is 0 Å². The summed E-state index contributed by atoms with van der Waals surface area (Å²) in [5, 5.41) is 8.58. The van der Waals surface area contributed by atoms with E-state index in [4.69, 9.17) is 5.11 Å². The standard InChI is InChI=1S/C10H7F3O2/c11-7-5(4-1-2-4)3-6(10(14)15)8(12)9(7)13/h3-4H,1-2H2,(H,14,15). The zero-order chi connectivity index (χ0) is 11.2. The molecular formula is C10H7F3O2. The molecule has 15 heavy (non-hydrogen) atoms. The van der Waals surface area contributed by atoms with Crippen LogP contribution in [-0.4, -0.2) is 11.1 Å². The summed E-state index contributed by atoms with van der Waals surface area (Å²) in [6.07, 6.45) is 1.36. The smallest absolute Gasteiger partial charge is 0.338 e. The summed E-state index contributed by atoms with van der Waals surface area (Å²) in [6.45, 7) is 0. The summed E-state index contributed by atoms with van der Waals surface area (Å²) in [4.78, 5) is 10.6. The van der Waals surface area contributed by atoms with Crippen LogP contribution in [0.1, 0.15) is 34.7 Å². The van der Waals surface area contributed by atoms with E-state index in [0.717, 1.165) is 6.07 Å². The third kappa shape index (κ3) is 1.58. The average Bonchev–Trinajstić information content (AvgIpc) is 2.97. The van der Waals surface area contributed by atoms with E-state index in [-0.39, 0.29) is 11.5 Å². The quantitative estimate of drug-likeness (QED) is 0.771. The molecule has 1 aliphatic carbocycles. The minimum Gasteiger partial charge on any atom is -0.478 e. The molecule has 5 heteroatoms. The molecule has 0 heterocycles. The average molecular weight is 216 g/mol. The van der Waals surface area contributed by atoms with Crippen molar-refractivity contribution in [3.8, 4) is 0 Å². The van der Waals surface area contributed by atoms with Gasteiger partial charge in [-0.3, -0.25) is 0 Å². The van der Waals surface area contributed by atoms with Crippen molar-refractivity contribution in [2.24, 2.45) is 0 Å². The van der Waals surface area contributed by atoms with E-state index >= 15 is 0 Å². The first-order chi connectivity index (χ1) is 7.02. The van der Waals surface area contributed by atoms with Gasteiger partial charge < -0.3 is 5.11 Å². The maximum Gasteiger partial charge on any atom is 0.338 e. The molecule has 1 N–H and O–H groups in total. The lowest BCUT2D eigenvalue weighted by Gasteiger charge is -2.05. The Morgan fingerprint density at radius 2 is 1.80 bits per heavy atom. The molecule has 1 fully saturated rings. The van der Waals surface area contributed by atoms with Gasteiger partial charge in [0.05, 0.1) is 5.56 Å². The van der Waals surface area contributed by atoms with Crippen LogP contribution in [0.4, 0.5) is 13.2 Å². The minimum atomic E-state index is -1.70. The Balaban J connectivity index is 2.62. The van der Waals surface area contributed by atoms with E-state index in [9.17, 15) is 18.0 Å². The van der Waals surface area contributed by atoms with Gasteiger partial charge in [0.15, 0.2) is 17.5 Å². The summed E-state index contributed by atoms with van der Waals surface area (Å²) in [5.41, 5.74) is -0.845. The molecular weight excluding hydrogens is 209 g/mol. The van der Waals surface area contributed by atoms with Crippen LogP contribution in [0.2, 0.25) is 0 Å². The molecule has 80 valence electrons. The maximum absolute atomic E-state index is 13.2. The normalized spacial score (nSPS) is 15.4. The molecule has 0 radical (unpaired) electrons. The Kier molecular flexibility index (Phi) is 2.17. The Labute approximate surface area is 83.3 Å². The van der Waals surface area contributed by atoms with E-state index in [1.807, 2.05) is 0 Å². The Morgan fingerprint density at radius 3 is 2.27 bits per heavy atom. The van der Waals surface area contributed by atoms with Gasteiger partial charge in [-0.1, -0.05) is 0 Å². The van der Waals surface area contributed by atoms with Crippen molar-refractivity contribution in [2.75, 3.05) is 0 Å². The first-order valence-corrected chi connectivity index (χ1v) is 4.43. The summed E-state index contributed by atoms with van der Waals surface area (Å²) in [5.74, 6) is -6.35. The molecule has 0 bridgehead atoms. The number of aromatic carboxylic acids is 1. The van der Waals surface area contributed by atoms with Gasteiger partial charge in [-0.2, -0.15) is 0 Å². The van der Waals surface area contributed by atoms with Crippen LogP contribution < -0.4 is 0 Å². The fourth-order valence-corrected chi connectivity index (χ4v) is 1.47. The van der Waals surface area contributed by atoms with Crippen LogP contribution >= 0.6 is 0 Å². The molecule has 1 aliphatic rings. The van der Waals surface area contributed by atoms with E-state index in [1.54, 1.807) is 0 Å². The zero-order valence-corrected chi connectivity index (χ0v) is 7.56. The molecule has 1 aromatic carbocycles. The van der Waals surface area contributed by atoms with Crippen LogP contribution in [0, 0.1) is 17.5 Å². The third-order valence-corrected chi connectivity index (χ3v) is 2.42. The molecule has 1 aromatic rings. The molecule has 0 aliphatic heterocycles. The van der Waals surface area contributed by atoms with Crippen LogP contribution in [0.15, 0.2) is 6.07 Å². The van der Waals surface area contributed by atoms with Crippen molar-refractivity contribution in [1.82, 2.24) is 0 Å². The number of benzene rings is 1. The number of carboxylic acid groups (broad SMARTS) is 1. The van der Waals surface area contributed by atoms with Crippen LogP contribution in [0.25, 0.3) is 0 Å². The van der Waals surface area contributed by atoms with Gasteiger partial charge in [-0.05, 0) is 30.4 Å². The van der Waals surface area contributed by atoms with Gasteiger partial charge >= 0.3 is 5.97 Å². The number of hydrogen-bond acceptors (Lipinski definition) is 1. The highest BCUT2D eigenvalue weighted by Gasteiger charge is 2.31. The Hall–Kier alpha value is -1.52. The van der Waals surface area contributed by atoms with Crippen molar-refractivity contribution in [3.63, 3.8) is 0 Å². The summed E-state index contributed by atoms with van der Waals surface area (Å²) in [6, 6.07) is 0.883. The fraction of sp³-hybridized carbons (Fsp3) is 0.300. The second-order valence-corrected chi connectivity index (χ2v) is 3.53. The lowest BCUT2D eigenvalue weighted by molar-refractivity contribution is 0.0690. The lowest BCUT2D eigenvalue weighted by Crippen LogP contribution is -2.07. The molecule has 0 aromatic heterocycles. The van der Waals surface area contributed by atoms with Gasteiger partial charge in [-0.25, -0.2) is 18.0 Å². The molecule has 0 atom stereocenters. The largest absolute Gasteiger partial charge is 0.478 e. The number of hydrogen-bond donors (Lipinski definition) is 1. The monoisotopic (exact) mass is 216 g/mol. The molecule has 2 rings (SSSR count). The molecule has 0 spiro atoms. The van der Waals surface area contributed by atoms with Crippen molar-refractivity contribution in [2.45, 2.75) is 18.8 Å². The highest BCUT2D eigenvalue weighted by atomic mass is 19.2. The predicted molar refractivity (Wildman–Crippen MR) is 45.3 cm³/mol. The highest BCUT2D eigenvalue weighted by Crippen LogP contribution is 2.42. The topological polar surface area (TPSA) is 37.3 Å². The Bertz CT molecular complexity index is 439. The van der Waals surface area contributed by atoms with Crippen molar-refractivity contribution < 1.29 is 23.1 Å². The summed E-state index contributed by atoms with van der Waals surface area (Å²) >= 11 is 0. The summed E-state index contributed by atoms with van der Waals surface area (Å²) < 4.78 is 39.2. The van der Waals surface area contributed by atoms with Gasteiger partial charge in [0.25, 0.3) is 0 Å². The molecule has 1 saturated carbocycles. The molecule has 2 nitrogen and oxygen atoms in total. The van der Waals surface area contributed by atoms with E-state index in [2.05, 4.69) is 0 Å². The van der Waals surface area contributed by atoms with Crippen molar-refractivity contribution >= 4 is 5.97 Å². The minimum absolute atomic E-state index is 0.0358. The van der Waals surface area contributed by atoms with E-state index in [0.29, 0.717) is 12.8 Å².